The standard InChI is InChI=1S/C10H13N3O4S/c11-6-1-4-8(10(14)15)9(5-6)13-18(16,17)12-7-2-3-7/h1,4-5,7,12-13H,2-3,11H2,(H,14,15). The van der Waals surface area contributed by atoms with Crippen LogP contribution in [0.4, 0.5) is 11.4 Å². The highest BCUT2D eigenvalue weighted by Crippen LogP contribution is 2.23. The van der Waals surface area contributed by atoms with Crippen LogP contribution in [0.1, 0.15) is 23.2 Å². The molecule has 18 heavy (non-hydrogen) atoms. The first-order valence-corrected chi connectivity index (χ1v) is 6.78. The highest BCUT2D eigenvalue weighted by molar-refractivity contribution is 7.90. The molecule has 8 heteroatoms. The van der Waals surface area contributed by atoms with E-state index in [9.17, 15) is 13.2 Å². The second kappa shape index (κ2) is 4.46. The molecule has 1 fully saturated rings. The Kier molecular flexibility index (Phi) is 3.14. The third-order valence-corrected chi connectivity index (χ3v) is 3.55. The number of nitrogens with two attached hydrogens (primary N) is 1. The Hall–Kier alpha value is -1.80. The van der Waals surface area contributed by atoms with Crippen LogP contribution in [-0.4, -0.2) is 25.5 Å². The molecule has 5 N–H and O–H groups in total. The number of nitrogen functional groups attached to an aromatic ring is 1. The number of nitrogens with one attached hydrogen (secondary N) is 2. The lowest BCUT2D eigenvalue weighted by atomic mass is 10.1. The lowest BCUT2D eigenvalue weighted by Gasteiger charge is -2.11. The minimum Gasteiger partial charge on any atom is -0.478 e. The monoisotopic (exact) mass is 271 g/mol. The zero-order valence-corrected chi connectivity index (χ0v) is 10.2. The molecule has 0 aliphatic heterocycles. The van der Waals surface area contributed by atoms with Crippen molar-refractivity contribution in [3.05, 3.63) is 23.8 Å². The molecule has 0 bridgehead atoms. The minimum absolute atomic E-state index is 0.0457. The number of carbonyl (C=O) groups is 1. The van der Waals surface area contributed by atoms with E-state index in [1.165, 1.54) is 18.2 Å². The lowest BCUT2D eigenvalue weighted by molar-refractivity contribution is 0.0698. The van der Waals surface area contributed by atoms with Gasteiger partial charge in [0.05, 0.1) is 11.3 Å². The summed E-state index contributed by atoms with van der Waals surface area (Å²) >= 11 is 0. The van der Waals surface area contributed by atoms with Crippen LogP contribution in [0, 0.1) is 0 Å². The van der Waals surface area contributed by atoms with Gasteiger partial charge >= 0.3 is 5.97 Å². The van der Waals surface area contributed by atoms with Crippen LogP contribution in [0.25, 0.3) is 0 Å². The Morgan fingerprint density at radius 2 is 2.06 bits per heavy atom. The summed E-state index contributed by atoms with van der Waals surface area (Å²) in [7, 11) is -3.76. The molecule has 1 aromatic rings. The maximum absolute atomic E-state index is 11.7. The van der Waals surface area contributed by atoms with Gasteiger partial charge in [-0.05, 0) is 31.0 Å². The first-order valence-electron chi connectivity index (χ1n) is 5.30. The third-order valence-electron chi connectivity index (χ3n) is 2.42. The highest BCUT2D eigenvalue weighted by Gasteiger charge is 2.27. The smallest absolute Gasteiger partial charge is 0.337 e. The fourth-order valence-corrected chi connectivity index (χ4v) is 2.62. The number of anilines is 2. The van der Waals surface area contributed by atoms with Crippen molar-refractivity contribution in [2.24, 2.45) is 0 Å². The molecule has 1 aromatic carbocycles. The Morgan fingerprint density at radius 3 is 2.61 bits per heavy atom. The van der Waals surface area contributed by atoms with Crippen LogP contribution in [0.3, 0.4) is 0 Å². The first-order chi connectivity index (χ1) is 8.37. The van der Waals surface area contributed by atoms with Crippen LogP contribution in [0.2, 0.25) is 0 Å². The van der Waals surface area contributed by atoms with Crippen molar-refractivity contribution in [1.82, 2.24) is 4.72 Å². The number of aromatic carboxylic acids is 1. The summed E-state index contributed by atoms with van der Waals surface area (Å²) in [6, 6.07) is 3.87. The van der Waals surface area contributed by atoms with E-state index in [-0.39, 0.29) is 23.0 Å². The van der Waals surface area contributed by atoms with E-state index in [1.807, 2.05) is 0 Å². The fourth-order valence-electron chi connectivity index (χ4n) is 1.43. The molecule has 1 aliphatic rings. The molecule has 0 unspecified atom stereocenters. The normalized spacial score (nSPS) is 15.3. The molecule has 0 aromatic heterocycles. The number of rotatable bonds is 5. The molecule has 1 saturated carbocycles. The van der Waals surface area contributed by atoms with Crippen molar-refractivity contribution in [3.8, 4) is 0 Å². The minimum atomic E-state index is -3.76. The van der Waals surface area contributed by atoms with E-state index in [2.05, 4.69) is 9.44 Å². The summed E-state index contributed by atoms with van der Waals surface area (Å²) in [5.41, 5.74) is 5.60. The summed E-state index contributed by atoms with van der Waals surface area (Å²) in [5, 5.41) is 8.95. The maximum Gasteiger partial charge on any atom is 0.337 e. The van der Waals surface area contributed by atoms with Gasteiger partial charge in [-0.2, -0.15) is 13.1 Å². The average Bonchev–Trinajstić information content (AvgIpc) is 2.99. The zero-order valence-electron chi connectivity index (χ0n) is 9.38. The number of carboxylic acids is 1. The Bertz CT molecular complexity index is 581. The average molecular weight is 271 g/mol. The Morgan fingerprint density at radius 1 is 1.39 bits per heavy atom. The molecule has 0 radical (unpaired) electrons. The second-order valence-electron chi connectivity index (χ2n) is 4.11. The molecule has 0 heterocycles. The van der Waals surface area contributed by atoms with E-state index in [0.717, 1.165) is 12.8 Å². The first kappa shape index (κ1) is 12.7. The maximum atomic E-state index is 11.7. The van der Waals surface area contributed by atoms with Crippen LogP contribution >= 0.6 is 0 Å². The fraction of sp³-hybridized carbons (Fsp3) is 0.300. The summed E-state index contributed by atoms with van der Waals surface area (Å²) in [4.78, 5) is 11.0. The molecule has 2 rings (SSSR count). The summed E-state index contributed by atoms with van der Waals surface area (Å²) in [5.74, 6) is -1.22. The van der Waals surface area contributed by atoms with Gasteiger partial charge < -0.3 is 10.8 Å². The molecule has 0 spiro atoms. The van der Waals surface area contributed by atoms with Gasteiger partial charge in [0, 0.05) is 11.7 Å². The van der Waals surface area contributed by atoms with Gasteiger partial charge in [-0.1, -0.05) is 0 Å². The largest absolute Gasteiger partial charge is 0.478 e. The molecular formula is C10H13N3O4S. The van der Waals surface area contributed by atoms with Crippen molar-refractivity contribution >= 4 is 27.6 Å². The van der Waals surface area contributed by atoms with Gasteiger partial charge in [-0.3, -0.25) is 4.72 Å². The lowest BCUT2D eigenvalue weighted by Crippen LogP contribution is -2.32. The SMILES string of the molecule is Nc1ccc(C(=O)O)c(NS(=O)(=O)NC2CC2)c1. The van der Waals surface area contributed by atoms with E-state index in [4.69, 9.17) is 10.8 Å². The highest BCUT2D eigenvalue weighted by atomic mass is 32.2. The summed E-state index contributed by atoms with van der Waals surface area (Å²) in [6.45, 7) is 0. The van der Waals surface area contributed by atoms with Crippen molar-refractivity contribution in [2.75, 3.05) is 10.5 Å². The van der Waals surface area contributed by atoms with Crippen LogP contribution in [0.5, 0.6) is 0 Å². The number of hydrogen-bond donors (Lipinski definition) is 4. The third kappa shape index (κ3) is 3.11. The molecule has 0 atom stereocenters. The quantitative estimate of drug-likeness (QED) is 0.577. The van der Waals surface area contributed by atoms with E-state index >= 15 is 0 Å². The molecule has 0 amide bonds. The van der Waals surface area contributed by atoms with E-state index < -0.39 is 16.2 Å². The number of benzene rings is 1. The van der Waals surface area contributed by atoms with E-state index in [1.54, 1.807) is 0 Å². The van der Waals surface area contributed by atoms with Crippen molar-refractivity contribution < 1.29 is 18.3 Å². The predicted molar refractivity (Wildman–Crippen MR) is 66.5 cm³/mol. The van der Waals surface area contributed by atoms with Gasteiger partial charge in [0.1, 0.15) is 0 Å². The van der Waals surface area contributed by atoms with Gasteiger partial charge in [0.15, 0.2) is 0 Å². The van der Waals surface area contributed by atoms with Gasteiger partial charge in [-0.25, -0.2) is 4.79 Å². The van der Waals surface area contributed by atoms with Crippen molar-refractivity contribution in [3.63, 3.8) is 0 Å². The topological polar surface area (TPSA) is 122 Å². The molecule has 7 nitrogen and oxygen atoms in total. The second-order valence-corrected chi connectivity index (χ2v) is 5.55. The molecule has 0 saturated heterocycles. The summed E-state index contributed by atoms with van der Waals surface area (Å²) < 4.78 is 27.9. The van der Waals surface area contributed by atoms with Gasteiger partial charge in [0.2, 0.25) is 0 Å². The molecular weight excluding hydrogens is 258 g/mol. The van der Waals surface area contributed by atoms with Crippen LogP contribution < -0.4 is 15.2 Å². The predicted octanol–water partition coefficient (Wildman–Crippen LogP) is 0.376. The van der Waals surface area contributed by atoms with Gasteiger partial charge in [-0.15, -0.1) is 0 Å². The van der Waals surface area contributed by atoms with Crippen molar-refractivity contribution in [2.45, 2.75) is 18.9 Å². The number of hydrogen-bond acceptors (Lipinski definition) is 4. The van der Waals surface area contributed by atoms with Crippen LogP contribution in [0.15, 0.2) is 18.2 Å². The molecule has 1 aliphatic carbocycles. The molecule has 98 valence electrons. The Labute approximate surface area is 104 Å². The summed E-state index contributed by atoms with van der Waals surface area (Å²) in [6.07, 6.45) is 1.59. The Balaban J connectivity index is 2.26. The van der Waals surface area contributed by atoms with Crippen LogP contribution in [-0.2, 0) is 10.2 Å². The number of carboxylic acid groups (broad SMARTS) is 1. The van der Waals surface area contributed by atoms with E-state index in [0.29, 0.717) is 0 Å². The van der Waals surface area contributed by atoms with Crippen molar-refractivity contribution in [1.29, 1.82) is 0 Å². The zero-order chi connectivity index (χ0) is 13.3. The van der Waals surface area contributed by atoms with Gasteiger partial charge in [0.25, 0.3) is 10.2 Å².